The van der Waals surface area contributed by atoms with Gasteiger partial charge in [-0.1, -0.05) is 11.8 Å². The minimum absolute atomic E-state index is 0.0768. The van der Waals surface area contributed by atoms with E-state index in [1.54, 1.807) is 23.1 Å². The molecule has 2 heterocycles. The number of aliphatic hydroxyl groups excluding tert-OH is 1. The number of hydrogen-bond donors (Lipinski definition) is 1. The topological polar surface area (TPSA) is 63.8 Å². The molecule has 5 nitrogen and oxygen atoms in total. The molecule has 1 aliphatic rings. The van der Waals surface area contributed by atoms with E-state index >= 15 is 0 Å². The number of nitrogens with zero attached hydrogens (tertiary/aromatic N) is 4. The van der Waals surface area contributed by atoms with Crippen LogP contribution >= 0.6 is 23.1 Å². The van der Waals surface area contributed by atoms with Crippen LogP contribution in [0.3, 0.4) is 0 Å². The maximum Gasteiger partial charge on any atom is 0.191 e. The fourth-order valence-electron chi connectivity index (χ4n) is 1.65. The summed E-state index contributed by atoms with van der Waals surface area (Å²) in [6, 6.07) is 0. The van der Waals surface area contributed by atoms with Crippen molar-refractivity contribution in [2.45, 2.75) is 36.3 Å². The molecule has 0 saturated heterocycles. The van der Waals surface area contributed by atoms with E-state index in [0.717, 1.165) is 22.5 Å². The van der Waals surface area contributed by atoms with E-state index in [4.69, 9.17) is 5.11 Å². The van der Waals surface area contributed by atoms with Crippen LogP contribution in [0.2, 0.25) is 0 Å². The van der Waals surface area contributed by atoms with E-state index in [1.165, 1.54) is 17.8 Å². The molecule has 0 spiro atoms. The van der Waals surface area contributed by atoms with Crippen LogP contribution < -0.4 is 0 Å². The second kappa shape index (κ2) is 4.99. The van der Waals surface area contributed by atoms with Crippen LogP contribution in [0.5, 0.6) is 0 Å². The molecule has 0 atom stereocenters. The molecule has 1 fully saturated rings. The minimum atomic E-state index is -0.0768. The molecule has 0 amide bonds. The first-order valence-corrected chi connectivity index (χ1v) is 7.70. The Labute approximate surface area is 113 Å². The zero-order valence-corrected chi connectivity index (χ0v) is 11.7. The van der Waals surface area contributed by atoms with Crippen LogP contribution in [-0.4, -0.2) is 24.9 Å². The van der Waals surface area contributed by atoms with Gasteiger partial charge >= 0.3 is 0 Å². The molecular formula is C11H14N4OS2. The molecule has 0 radical (unpaired) electrons. The molecule has 96 valence electrons. The van der Waals surface area contributed by atoms with E-state index in [2.05, 4.69) is 20.6 Å². The quantitative estimate of drug-likeness (QED) is 0.849. The summed E-state index contributed by atoms with van der Waals surface area (Å²) in [5.41, 5.74) is 1.11. The predicted molar refractivity (Wildman–Crippen MR) is 70.6 cm³/mol. The highest BCUT2D eigenvalue weighted by Gasteiger charge is 2.26. The predicted octanol–water partition coefficient (Wildman–Crippen LogP) is 1.93. The van der Waals surface area contributed by atoms with Gasteiger partial charge in [0.25, 0.3) is 0 Å². The average Bonchev–Trinajstić information content (AvgIpc) is 3.02. The molecule has 0 aromatic carbocycles. The molecule has 1 saturated carbocycles. The summed E-state index contributed by atoms with van der Waals surface area (Å²) in [4.78, 5) is 4.63. The Morgan fingerprint density at radius 1 is 1.50 bits per heavy atom. The van der Waals surface area contributed by atoms with Gasteiger partial charge in [-0.3, -0.25) is 0 Å². The fraction of sp³-hybridized carbons (Fsp3) is 0.545. The maximum absolute atomic E-state index is 9.05. The highest BCUT2D eigenvalue weighted by atomic mass is 32.2. The van der Waals surface area contributed by atoms with Crippen molar-refractivity contribution in [1.29, 1.82) is 0 Å². The average molecular weight is 282 g/mol. The van der Waals surface area contributed by atoms with Crippen molar-refractivity contribution in [1.82, 2.24) is 19.7 Å². The molecule has 2 aromatic rings. The molecule has 18 heavy (non-hydrogen) atoms. The van der Waals surface area contributed by atoms with Gasteiger partial charge in [-0.15, -0.1) is 21.5 Å². The fourth-order valence-corrected chi connectivity index (χ4v) is 3.57. The molecule has 3 rings (SSSR count). The van der Waals surface area contributed by atoms with Crippen molar-refractivity contribution in [2.24, 2.45) is 7.05 Å². The molecule has 2 aromatic heterocycles. The lowest BCUT2D eigenvalue weighted by atomic mass is 10.4. The number of thioether (sulfide) groups is 1. The Bertz CT molecular complexity index is 547. The molecular weight excluding hydrogens is 268 g/mol. The third kappa shape index (κ3) is 2.43. The molecule has 0 aliphatic heterocycles. The maximum atomic E-state index is 9.05. The van der Waals surface area contributed by atoms with Gasteiger partial charge in [0.1, 0.15) is 6.61 Å². The van der Waals surface area contributed by atoms with E-state index in [0.29, 0.717) is 5.82 Å². The Morgan fingerprint density at radius 2 is 2.33 bits per heavy atom. The zero-order valence-electron chi connectivity index (χ0n) is 10.0. The van der Waals surface area contributed by atoms with Crippen LogP contribution in [-0.2, 0) is 19.4 Å². The van der Waals surface area contributed by atoms with Gasteiger partial charge in [0.15, 0.2) is 11.0 Å². The van der Waals surface area contributed by atoms with Crippen molar-refractivity contribution in [3.8, 4) is 0 Å². The Hall–Kier alpha value is -0.920. The third-order valence-electron chi connectivity index (χ3n) is 2.91. The van der Waals surface area contributed by atoms with Gasteiger partial charge in [0, 0.05) is 24.1 Å². The third-order valence-corrected chi connectivity index (χ3v) is 5.02. The summed E-state index contributed by atoms with van der Waals surface area (Å²) in [5, 5.41) is 21.2. The van der Waals surface area contributed by atoms with Crippen molar-refractivity contribution in [2.75, 3.05) is 0 Å². The largest absolute Gasteiger partial charge is 0.388 e. The molecule has 1 N–H and O–H groups in total. The normalized spacial score (nSPS) is 15.2. The van der Waals surface area contributed by atoms with E-state index in [9.17, 15) is 0 Å². The lowest BCUT2D eigenvalue weighted by molar-refractivity contribution is 0.266. The summed E-state index contributed by atoms with van der Waals surface area (Å²) in [7, 11) is 1.87. The molecule has 0 bridgehead atoms. The minimum Gasteiger partial charge on any atom is -0.388 e. The Kier molecular flexibility index (Phi) is 3.36. The second-order valence-corrected chi connectivity index (χ2v) is 6.19. The van der Waals surface area contributed by atoms with Gasteiger partial charge in [-0.05, 0) is 12.8 Å². The SMILES string of the molecule is Cn1c(CO)nnc1SCc1csc(C2CC2)n1. The molecule has 1 aliphatic carbocycles. The van der Waals surface area contributed by atoms with Gasteiger partial charge in [-0.25, -0.2) is 4.98 Å². The second-order valence-electron chi connectivity index (χ2n) is 4.36. The monoisotopic (exact) mass is 282 g/mol. The van der Waals surface area contributed by atoms with Crippen molar-refractivity contribution in [3.63, 3.8) is 0 Å². The summed E-state index contributed by atoms with van der Waals surface area (Å²) in [6.07, 6.45) is 2.59. The summed E-state index contributed by atoms with van der Waals surface area (Å²) in [5.74, 6) is 2.12. The van der Waals surface area contributed by atoms with Crippen LogP contribution in [0.15, 0.2) is 10.5 Å². The first kappa shape index (κ1) is 12.1. The van der Waals surface area contributed by atoms with Gasteiger partial charge in [0.05, 0.1) is 10.7 Å². The number of hydrogen-bond acceptors (Lipinski definition) is 6. The lowest BCUT2D eigenvalue weighted by Crippen LogP contribution is -1.98. The number of aromatic nitrogens is 4. The van der Waals surface area contributed by atoms with E-state index < -0.39 is 0 Å². The van der Waals surface area contributed by atoms with Crippen molar-refractivity contribution >= 4 is 23.1 Å². The summed E-state index contributed by atoms with van der Waals surface area (Å²) < 4.78 is 1.82. The van der Waals surface area contributed by atoms with Crippen molar-refractivity contribution in [3.05, 3.63) is 21.9 Å². The zero-order chi connectivity index (χ0) is 12.5. The first-order chi connectivity index (χ1) is 8.78. The summed E-state index contributed by atoms with van der Waals surface area (Å²) in [6.45, 7) is -0.0768. The van der Waals surface area contributed by atoms with Crippen molar-refractivity contribution < 1.29 is 5.11 Å². The van der Waals surface area contributed by atoms with Crippen LogP contribution in [0.25, 0.3) is 0 Å². The van der Waals surface area contributed by atoms with Gasteiger partial charge < -0.3 is 9.67 Å². The highest BCUT2D eigenvalue weighted by Crippen LogP contribution is 2.41. The molecule has 7 heteroatoms. The van der Waals surface area contributed by atoms with E-state index in [-0.39, 0.29) is 6.61 Å². The Morgan fingerprint density at radius 3 is 3.00 bits per heavy atom. The van der Waals surface area contributed by atoms with Gasteiger partial charge in [0.2, 0.25) is 0 Å². The highest BCUT2D eigenvalue weighted by molar-refractivity contribution is 7.98. The molecule has 0 unspecified atom stereocenters. The summed E-state index contributed by atoms with van der Waals surface area (Å²) >= 11 is 3.37. The standard InChI is InChI=1S/C11H14N4OS2/c1-15-9(4-16)13-14-11(15)18-6-8-5-17-10(12-8)7-2-3-7/h5,7,16H,2-4,6H2,1H3. The number of rotatable bonds is 5. The Balaban J connectivity index is 1.63. The smallest absolute Gasteiger partial charge is 0.191 e. The van der Waals surface area contributed by atoms with E-state index in [1.807, 2.05) is 11.6 Å². The lowest BCUT2D eigenvalue weighted by Gasteiger charge is -2.00. The number of thiazole rings is 1. The van der Waals surface area contributed by atoms with Crippen LogP contribution in [0, 0.1) is 0 Å². The van der Waals surface area contributed by atoms with Crippen LogP contribution in [0.1, 0.15) is 35.3 Å². The van der Waals surface area contributed by atoms with Gasteiger partial charge in [-0.2, -0.15) is 0 Å². The number of aliphatic hydroxyl groups is 1. The van der Waals surface area contributed by atoms with Crippen LogP contribution in [0.4, 0.5) is 0 Å². The first-order valence-electron chi connectivity index (χ1n) is 5.84.